The van der Waals surface area contributed by atoms with Gasteiger partial charge in [0.1, 0.15) is 0 Å². The van der Waals surface area contributed by atoms with Crippen LogP contribution in [0, 0.1) is 10.1 Å². The third-order valence-electron chi connectivity index (χ3n) is 3.35. The van der Waals surface area contributed by atoms with E-state index < -0.39 is 5.54 Å². The number of benzene rings is 1. The molecule has 5 nitrogen and oxygen atoms in total. The normalized spacial score (nSPS) is 31.9. The van der Waals surface area contributed by atoms with Gasteiger partial charge in [-0.3, -0.25) is 15.4 Å². The van der Waals surface area contributed by atoms with E-state index in [1.807, 2.05) is 24.3 Å². The van der Waals surface area contributed by atoms with Crippen molar-refractivity contribution in [3.05, 3.63) is 39.9 Å². The zero-order chi connectivity index (χ0) is 10.5. The van der Waals surface area contributed by atoms with Crippen LogP contribution in [0.1, 0.15) is 12.0 Å². The Bertz CT molecular complexity index is 434. The Hall–Kier alpha value is -1.62. The lowest BCUT2D eigenvalue weighted by Crippen LogP contribution is -2.45. The van der Waals surface area contributed by atoms with Crippen molar-refractivity contribution >= 4 is 5.69 Å². The Morgan fingerprint density at radius 2 is 2.27 bits per heavy atom. The first-order valence-corrected chi connectivity index (χ1v) is 4.99. The standard InChI is InChI=1S/C10H11N3O2/c14-13(15)10-5-6-11-9(10)12-8-4-2-1-3-7(8)10/h1-4,9,11-12H,5-6H2. The maximum absolute atomic E-state index is 11.3. The summed E-state index contributed by atoms with van der Waals surface area (Å²) in [5.41, 5.74) is 0.729. The molecule has 0 saturated carbocycles. The van der Waals surface area contributed by atoms with Crippen molar-refractivity contribution in [2.45, 2.75) is 18.1 Å². The molecule has 1 aromatic rings. The van der Waals surface area contributed by atoms with Crippen LogP contribution in [0.5, 0.6) is 0 Å². The highest BCUT2D eigenvalue weighted by Gasteiger charge is 2.60. The molecule has 78 valence electrons. The topological polar surface area (TPSA) is 67.2 Å². The third-order valence-corrected chi connectivity index (χ3v) is 3.35. The second-order valence-corrected chi connectivity index (χ2v) is 4.01. The zero-order valence-corrected chi connectivity index (χ0v) is 8.06. The van der Waals surface area contributed by atoms with Crippen LogP contribution in [0.2, 0.25) is 0 Å². The van der Waals surface area contributed by atoms with Gasteiger partial charge in [0.25, 0.3) is 5.54 Å². The van der Waals surface area contributed by atoms with Gasteiger partial charge in [-0.2, -0.15) is 0 Å². The van der Waals surface area contributed by atoms with Gasteiger partial charge in [0, 0.05) is 23.6 Å². The summed E-state index contributed by atoms with van der Waals surface area (Å²) in [7, 11) is 0. The molecule has 15 heavy (non-hydrogen) atoms. The molecule has 0 amide bonds. The minimum Gasteiger partial charge on any atom is -0.363 e. The van der Waals surface area contributed by atoms with Crippen molar-refractivity contribution in [2.75, 3.05) is 11.9 Å². The maximum Gasteiger partial charge on any atom is 0.283 e. The number of rotatable bonds is 1. The lowest BCUT2D eigenvalue weighted by atomic mass is 9.90. The molecule has 2 heterocycles. The number of nitrogens with one attached hydrogen (secondary N) is 2. The van der Waals surface area contributed by atoms with Crippen LogP contribution in [-0.4, -0.2) is 17.6 Å². The van der Waals surface area contributed by atoms with Crippen molar-refractivity contribution in [2.24, 2.45) is 0 Å². The molecule has 0 bridgehead atoms. The number of fused-ring (bicyclic) bond motifs is 3. The fourth-order valence-electron chi connectivity index (χ4n) is 2.62. The molecule has 0 aliphatic carbocycles. The molecule has 2 aliphatic rings. The predicted molar refractivity (Wildman–Crippen MR) is 55.1 cm³/mol. The molecule has 2 aliphatic heterocycles. The summed E-state index contributed by atoms with van der Waals surface area (Å²) in [5, 5.41) is 17.6. The van der Waals surface area contributed by atoms with E-state index in [-0.39, 0.29) is 11.1 Å². The molecule has 1 aromatic carbocycles. The summed E-state index contributed by atoms with van der Waals surface area (Å²) in [6.45, 7) is 0.687. The molecule has 1 fully saturated rings. The predicted octanol–water partition coefficient (Wildman–Crippen LogP) is 0.903. The Morgan fingerprint density at radius 3 is 3.07 bits per heavy atom. The number of anilines is 1. The number of hydrogen-bond acceptors (Lipinski definition) is 4. The fourth-order valence-corrected chi connectivity index (χ4v) is 2.62. The molecular formula is C10H11N3O2. The van der Waals surface area contributed by atoms with Crippen LogP contribution in [0.25, 0.3) is 0 Å². The largest absolute Gasteiger partial charge is 0.363 e. The van der Waals surface area contributed by atoms with E-state index in [0.717, 1.165) is 11.3 Å². The first-order chi connectivity index (χ1) is 7.25. The first kappa shape index (κ1) is 8.67. The van der Waals surface area contributed by atoms with Gasteiger partial charge in [0.15, 0.2) is 6.17 Å². The van der Waals surface area contributed by atoms with Crippen LogP contribution < -0.4 is 10.6 Å². The SMILES string of the molecule is O=[N+]([O-])C12CCNC1Nc1ccccc12. The molecule has 2 N–H and O–H groups in total. The average Bonchev–Trinajstić information content (AvgIpc) is 2.73. The van der Waals surface area contributed by atoms with E-state index in [2.05, 4.69) is 10.6 Å². The minimum atomic E-state index is -0.962. The Kier molecular flexibility index (Phi) is 1.56. The smallest absolute Gasteiger partial charge is 0.283 e. The highest BCUT2D eigenvalue weighted by Crippen LogP contribution is 2.45. The van der Waals surface area contributed by atoms with Crippen molar-refractivity contribution < 1.29 is 4.92 Å². The Balaban J connectivity index is 2.21. The highest BCUT2D eigenvalue weighted by atomic mass is 16.6. The van der Waals surface area contributed by atoms with Crippen LogP contribution >= 0.6 is 0 Å². The number of nitrogens with zero attached hydrogens (tertiary/aromatic N) is 1. The van der Waals surface area contributed by atoms with Crippen molar-refractivity contribution in [3.8, 4) is 0 Å². The number of para-hydroxylation sites is 1. The molecule has 2 unspecified atom stereocenters. The van der Waals surface area contributed by atoms with Crippen molar-refractivity contribution in [1.82, 2.24) is 5.32 Å². The van der Waals surface area contributed by atoms with Gasteiger partial charge in [-0.1, -0.05) is 12.1 Å². The lowest BCUT2D eigenvalue weighted by Gasteiger charge is -2.19. The summed E-state index contributed by atoms with van der Waals surface area (Å²) in [6.07, 6.45) is 0.291. The summed E-state index contributed by atoms with van der Waals surface area (Å²) in [6, 6.07) is 7.48. The summed E-state index contributed by atoms with van der Waals surface area (Å²) in [4.78, 5) is 11.1. The van der Waals surface area contributed by atoms with Crippen molar-refractivity contribution in [3.63, 3.8) is 0 Å². The van der Waals surface area contributed by atoms with Gasteiger partial charge in [0.05, 0.1) is 5.56 Å². The first-order valence-electron chi connectivity index (χ1n) is 4.99. The van der Waals surface area contributed by atoms with E-state index in [9.17, 15) is 10.1 Å². The molecule has 1 saturated heterocycles. The van der Waals surface area contributed by atoms with Crippen LogP contribution in [-0.2, 0) is 5.54 Å². The second kappa shape index (κ2) is 2.70. The van der Waals surface area contributed by atoms with Gasteiger partial charge < -0.3 is 5.32 Å². The molecule has 5 heteroatoms. The summed E-state index contributed by atoms with van der Waals surface area (Å²) < 4.78 is 0. The fraction of sp³-hybridized carbons (Fsp3) is 0.400. The second-order valence-electron chi connectivity index (χ2n) is 4.01. The Labute approximate surface area is 86.6 Å². The van der Waals surface area contributed by atoms with Gasteiger partial charge in [-0.25, -0.2) is 0 Å². The molecule has 0 radical (unpaired) electrons. The van der Waals surface area contributed by atoms with Crippen LogP contribution in [0.3, 0.4) is 0 Å². The van der Waals surface area contributed by atoms with Gasteiger partial charge >= 0.3 is 0 Å². The average molecular weight is 205 g/mol. The van der Waals surface area contributed by atoms with E-state index in [1.54, 1.807) is 0 Å². The highest BCUT2D eigenvalue weighted by molar-refractivity contribution is 5.61. The van der Waals surface area contributed by atoms with E-state index >= 15 is 0 Å². The van der Waals surface area contributed by atoms with Gasteiger partial charge in [-0.05, 0) is 12.1 Å². The number of nitro groups is 1. The van der Waals surface area contributed by atoms with Gasteiger partial charge in [-0.15, -0.1) is 0 Å². The van der Waals surface area contributed by atoms with Crippen LogP contribution in [0.15, 0.2) is 24.3 Å². The maximum atomic E-state index is 11.3. The van der Waals surface area contributed by atoms with E-state index in [0.29, 0.717) is 13.0 Å². The zero-order valence-electron chi connectivity index (χ0n) is 8.06. The summed E-state index contributed by atoms with van der Waals surface area (Å²) >= 11 is 0. The minimum absolute atomic E-state index is 0.156. The monoisotopic (exact) mass is 205 g/mol. The lowest BCUT2D eigenvalue weighted by molar-refractivity contribution is -0.577. The van der Waals surface area contributed by atoms with E-state index in [1.165, 1.54) is 0 Å². The number of hydrogen-bond donors (Lipinski definition) is 2. The molecule has 0 aromatic heterocycles. The molecule has 2 atom stereocenters. The molecular weight excluding hydrogens is 194 g/mol. The summed E-state index contributed by atoms with van der Waals surface area (Å²) in [5.74, 6) is 0. The molecule has 3 rings (SSSR count). The quantitative estimate of drug-likeness (QED) is 0.528. The Morgan fingerprint density at radius 1 is 1.47 bits per heavy atom. The third kappa shape index (κ3) is 0.906. The van der Waals surface area contributed by atoms with Crippen molar-refractivity contribution in [1.29, 1.82) is 0 Å². The van der Waals surface area contributed by atoms with Crippen LogP contribution in [0.4, 0.5) is 5.69 Å². The van der Waals surface area contributed by atoms with E-state index in [4.69, 9.17) is 0 Å². The molecule has 0 spiro atoms. The van der Waals surface area contributed by atoms with Gasteiger partial charge in [0.2, 0.25) is 0 Å².